The molecule has 0 aromatic heterocycles. The zero-order valence-corrected chi connectivity index (χ0v) is 9.96. The summed E-state index contributed by atoms with van der Waals surface area (Å²) < 4.78 is 25.9. The molecule has 1 heterocycles. The zero-order valence-electron chi connectivity index (χ0n) is 9.15. The summed E-state index contributed by atoms with van der Waals surface area (Å²) >= 11 is 0. The van der Waals surface area contributed by atoms with Crippen LogP contribution in [0.2, 0.25) is 0 Å². The summed E-state index contributed by atoms with van der Waals surface area (Å²) in [4.78, 5) is 2.09. The summed E-state index contributed by atoms with van der Waals surface area (Å²) in [5.41, 5.74) is 0. The second kappa shape index (κ2) is 5.79. The lowest BCUT2D eigenvalue weighted by molar-refractivity contribution is 0.248. The molecule has 0 spiro atoms. The summed E-state index contributed by atoms with van der Waals surface area (Å²) in [6.07, 6.45) is 1.41. The molecule has 15 heavy (non-hydrogen) atoms. The van der Waals surface area contributed by atoms with Crippen molar-refractivity contribution in [2.75, 3.05) is 32.8 Å². The highest BCUT2D eigenvalue weighted by Crippen LogP contribution is 2.15. The van der Waals surface area contributed by atoms with Gasteiger partial charge in [0.05, 0.1) is 5.25 Å². The van der Waals surface area contributed by atoms with Gasteiger partial charge in [-0.1, -0.05) is 6.92 Å². The van der Waals surface area contributed by atoms with Crippen LogP contribution in [0.15, 0.2) is 0 Å². The summed E-state index contributed by atoms with van der Waals surface area (Å²) in [5.74, 6) is 0. The van der Waals surface area contributed by atoms with Crippen LogP contribution in [0.1, 0.15) is 19.8 Å². The van der Waals surface area contributed by atoms with E-state index in [0.29, 0.717) is 25.9 Å². The van der Waals surface area contributed by atoms with Crippen molar-refractivity contribution in [2.24, 2.45) is 0 Å². The second-order valence-electron chi connectivity index (χ2n) is 3.83. The molecule has 0 radical (unpaired) electrons. The molecule has 0 saturated carbocycles. The molecule has 0 aromatic carbocycles. The molecule has 0 amide bonds. The first-order valence-corrected chi connectivity index (χ1v) is 6.96. The molecule has 1 atom stereocenters. The largest absolute Gasteiger partial charge is 0.396 e. The molecule has 0 aromatic rings. The highest BCUT2D eigenvalue weighted by atomic mass is 32.2. The van der Waals surface area contributed by atoms with Crippen molar-refractivity contribution in [3.05, 3.63) is 0 Å². The molecule has 0 aliphatic carbocycles. The predicted molar refractivity (Wildman–Crippen MR) is 59.1 cm³/mol. The average molecular weight is 236 g/mol. The van der Waals surface area contributed by atoms with Gasteiger partial charge in [-0.25, -0.2) is 13.1 Å². The van der Waals surface area contributed by atoms with Crippen molar-refractivity contribution in [2.45, 2.75) is 25.0 Å². The second-order valence-corrected chi connectivity index (χ2v) is 5.88. The Kier molecular flexibility index (Phi) is 4.98. The molecular weight excluding hydrogens is 216 g/mol. The fourth-order valence-electron chi connectivity index (χ4n) is 1.87. The topological polar surface area (TPSA) is 69.6 Å². The number of hydrogen-bond donors (Lipinski definition) is 2. The molecule has 2 N–H and O–H groups in total. The molecular formula is C9H20N2O3S. The van der Waals surface area contributed by atoms with Crippen LogP contribution in [0.5, 0.6) is 0 Å². The maximum Gasteiger partial charge on any atom is 0.215 e. The van der Waals surface area contributed by atoms with E-state index >= 15 is 0 Å². The minimum atomic E-state index is -3.12. The molecule has 1 fully saturated rings. The van der Waals surface area contributed by atoms with Crippen LogP contribution in [0.3, 0.4) is 0 Å². The highest BCUT2D eigenvalue weighted by molar-refractivity contribution is 7.90. The third-order valence-corrected chi connectivity index (χ3v) is 4.60. The van der Waals surface area contributed by atoms with E-state index in [0.717, 1.165) is 13.1 Å². The number of rotatable bonds is 6. The minimum Gasteiger partial charge on any atom is -0.396 e. The number of sulfonamides is 1. The van der Waals surface area contributed by atoms with Crippen molar-refractivity contribution in [3.8, 4) is 0 Å². The third kappa shape index (κ3) is 3.71. The van der Waals surface area contributed by atoms with E-state index in [4.69, 9.17) is 5.11 Å². The molecule has 1 unspecified atom stereocenters. The van der Waals surface area contributed by atoms with Crippen molar-refractivity contribution in [1.29, 1.82) is 0 Å². The lowest BCUT2D eigenvalue weighted by Gasteiger charge is -2.15. The SMILES string of the molecule is CCNS(=O)(=O)C1CCN(CCCO)C1. The minimum absolute atomic E-state index is 0.168. The molecule has 1 aliphatic rings. The quantitative estimate of drug-likeness (QED) is 0.645. The van der Waals surface area contributed by atoms with Gasteiger partial charge in [0.25, 0.3) is 0 Å². The van der Waals surface area contributed by atoms with E-state index in [1.54, 1.807) is 6.92 Å². The summed E-state index contributed by atoms with van der Waals surface area (Å²) in [7, 11) is -3.12. The third-order valence-electron chi connectivity index (χ3n) is 2.65. The number of likely N-dealkylation sites (tertiary alicyclic amines) is 1. The molecule has 0 bridgehead atoms. The first kappa shape index (κ1) is 12.9. The van der Waals surface area contributed by atoms with Gasteiger partial charge in [0.15, 0.2) is 0 Å². The summed E-state index contributed by atoms with van der Waals surface area (Å²) in [6, 6.07) is 0. The van der Waals surface area contributed by atoms with Gasteiger partial charge in [-0.2, -0.15) is 0 Å². The van der Waals surface area contributed by atoms with Crippen molar-refractivity contribution >= 4 is 10.0 Å². The van der Waals surface area contributed by atoms with Crippen molar-refractivity contribution in [1.82, 2.24) is 9.62 Å². The number of aliphatic hydroxyl groups is 1. The zero-order chi connectivity index (χ0) is 11.3. The van der Waals surface area contributed by atoms with E-state index in [9.17, 15) is 8.42 Å². The lowest BCUT2D eigenvalue weighted by Crippen LogP contribution is -2.36. The number of nitrogens with zero attached hydrogens (tertiary/aromatic N) is 1. The van der Waals surface area contributed by atoms with Gasteiger partial charge in [0, 0.05) is 26.2 Å². The Labute approximate surface area is 91.5 Å². The molecule has 5 nitrogen and oxygen atoms in total. The Morgan fingerprint density at radius 2 is 2.27 bits per heavy atom. The monoisotopic (exact) mass is 236 g/mol. The van der Waals surface area contributed by atoms with Crippen molar-refractivity contribution < 1.29 is 13.5 Å². The predicted octanol–water partition coefficient (Wildman–Crippen LogP) is -0.618. The summed E-state index contributed by atoms with van der Waals surface area (Å²) in [5, 5.41) is 8.40. The normalized spacial score (nSPS) is 23.5. The fourth-order valence-corrected chi connectivity index (χ4v) is 3.33. The van der Waals surface area contributed by atoms with Crippen LogP contribution in [-0.4, -0.2) is 56.5 Å². The van der Waals surface area contributed by atoms with E-state index in [1.807, 2.05) is 0 Å². The van der Waals surface area contributed by atoms with Crippen LogP contribution in [0.4, 0.5) is 0 Å². The average Bonchev–Trinajstić information content (AvgIpc) is 2.63. The van der Waals surface area contributed by atoms with Crippen molar-refractivity contribution in [3.63, 3.8) is 0 Å². The Morgan fingerprint density at radius 1 is 1.53 bits per heavy atom. The Morgan fingerprint density at radius 3 is 2.87 bits per heavy atom. The van der Waals surface area contributed by atoms with Gasteiger partial charge in [-0.15, -0.1) is 0 Å². The number of nitrogens with one attached hydrogen (secondary N) is 1. The number of aliphatic hydroxyl groups excluding tert-OH is 1. The van der Waals surface area contributed by atoms with E-state index < -0.39 is 10.0 Å². The van der Waals surface area contributed by atoms with Crippen LogP contribution in [0.25, 0.3) is 0 Å². The first-order valence-electron chi connectivity index (χ1n) is 5.42. The maximum absolute atomic E-state index is 11.7. The molecule has 90 valence electrons. The van der Waals surface area contributed by atoms with Gasteiger partial charge >= 0.3 is 0 Å². The Hall–Kier alpha value is -0.170. The van der Waals surface area contributed by atoms with Crippen LogP contribution in [-0.2, 0) is 10.0 Å². The van der Waals surface area contributed by atoms with Gasteiger partial charge in [-0.3, -0.25) is 0 Å². The lowest BCUT2D eigenvalue weighted by atomic mass is 10.4. The summed E-state index contributed by atoms with van der Waals surface area (Å²) in [6.45, 7) is 4.60. The van der Waals surface area contributed by atoms with Gasteiger partial charge < -0.3 is 10.0 Å². The highest BCUT2D eigenvalue weighted by Gasteiger charge is 2.31. The fraction of sp³-hybridized carbons (Fsp3) is 1.00. The van der Waals surface area contributed by atoms with E-state index in [1.165, 1.54) is 0 Å². The first-order chi connectivity index (χ1) is 7.10. The maximum atomic E-state index is 11.7. The molecule has 6 heteroatoms. The standard InChI is InChI=1S/C9H20N2O3S/c1-2-10-15(13,14)9-4-6-11(8-9)5-3-7-12/h9-10,12H,2-8H2,1H3. The van der Waals surface area contributed by atoms with Gasteiger partial charge in [-0.05, 0) is 19.4 Å². The van der Waals surface area contributed by atoms with Crippen LogP contribution < -0.4 is 4.72 Å². The van der Waals surface area contributed by atoms with Crippen LogP contribution >= 0.6 is 0 Å². The van der Waals surface area contributed by atoms with E-state index in [-0.39, 0.29) is 11.9 Å². The Bertz CT molecular complexity index is 279. The molecule has 1 aliphatic heterocycles. The Balaban J connectivity index is 2.42. The van der Waals surface area contributed by atoms with Crippen LogP contribution in [0, 0.1) is 0 Å². The van der Waals surface area contributed by atoms with E-state index in [2.05, 4.69) is 9.62 Å². The molecule has 1 saturated heterocycles. The van der Waals surface area contributed by atoms with Gasteiger partial charge in [0.2, 0.25) is 10.0 Å². The smallest absolute Gasteiger partial charge is 0.215 e. The van der Waals surface area contributed by atoms with Gasteiger partial charge in [0.1, 0.15) is 0 Å². The number of hydrogen-bond acceptors (Lipinski definition) is 4. The molecule has 1 rings (SSSR count).